The summed E-state index contributed by atoms with van der Waals surface area (Å²) in [4.78, 5) is 0.184. The molecule has 0 aliphatic heterocycles. The molecule has 1 N–H and O–H groups in total. The van der Waals surface area contributed by atoms with Gasteiger partial charge in [0, 0.05) is 0 Å². The molecule has 0 aliphatic carbocycles. The first kappa shape index (κ1) is 21.8. The Morgan fingerprint density at radius 1 is 1.00 bits per heavy atom. The van der Waals surface area contributed by atoms with Gasteiger partial charge in [0.1, 0.15) is 6.10 Å². The van der Waals surface area contributed by atoms with Crippen molar-refractivity contribution in [3.05, 3.63) is 65.7 Å². The van der Waals surface area contributed by atoms with E-state index in [1.165, 1.54) is 0 Å². The SMILES string of the molecule is Cc1ccc(S(=O)(=O)N[C@@H](C)[C@H](O[S@](=O)C(C)(C)C)c2ccccc2)cc1. The Hall–Kier alpha value is -1.54. The zero-order chi connectivity index (χ0) is 20.2. The molecule has 7 heteroatoms. The second kappa shape index (κ2) is 8.65. The molecule has 3 atom stereocenters. The van der Waals surface area contributed by atoms with Gasteiger partial charge in [-0.1, -0.05) is 48.0 Å². The van der Waals surface area contributed by atoms with Crippen LogP contribution in [0.5, 0.6) is 0 Å². The van der Waals surface area contributed by atoms with Crippen molar-refractivity contribution in [3.8, 4) is 0 Å². The van der Waals surface area contributed by atoms with E-state index in [1.807, 2.05) is 58.0 Å². The number of sulfonamides is 1. The average molecular weight is 410 g/mol. The summed E-state index contributed by atoms with van der Waals surface area (Å²) in [5.74, 6) is 0. The summed E-state index contributed by atoms with van der Waals surface area (Å²) in [6, 6.07) is 15.2. The minimum absolute atomic E-state index is 0.184. The fourth-order valence-corrected chi connectivity index (χ4v) is 4.40. The molecule has 0 aromatic heterocycles. The molecule has 27 heavy (non-hydrogen) atoms. The van der Waals surface area contributed by atoms with Crippen LogP contribution in [0, 0.1) is 6.92 Å². The monoisotopic (exact) mass is 409 g/mol. The highest BCUT2D eigenvalue weighted by Crippen LogP contribution is 2.27. The van der Waals surface area contributed by atoms with Crippen LogP contribution in [-0.2, 0) is 25.3 Å². The molecule has 148 valence electrons. The van der Waals surface area contributed by atoms with Gasteiger partial charge in [0.2, 0.25) is 10.0 Å². The van der Waals surface area contributed by atoms with Crippen LogP contribution in [0.1, 0.15) is 44.9 Å². The molecule has 2 rings (SSSR count). The molecule has 5 nitrogen and oxygen atoms in total. The Labute approximate surface area is 164 Å². The lowest BCUT2D eigenvalue weighted by atomic mass is 10.0. The van der Waals surface area contributed by atoms with Crippen LogP contribution >= 0.6 is 0 Å². The average Bonchev–Trinajstić information content (AvgIpc) is 2.59. The van der Waals surface area contributed by atoms with Gasteiger partial charge >= 0.3 is 0 Å². The topological polar surface area (TPSA) is 72.5 Å². The van der Waals surface area contributed by atoms with Crippen LogP contribution in [0.3, 0.4) is 0 Å². The molecule has 0 unspecified atom stereocenters. The van der Waals surface area contributed by atoms with E-state index in [2.05, 4.69) is 4.72 Å². The molecule has 0 aliphatic rings. The molecule has 2 aromatic rings. The van der Waals surface area contributed by atoms with Crippen molar-refractivity contribution in [1.29, 1.82) is 0 Å². The van der Waals surface area contributed by atoms with Gasteiger partial charge in [-0.25, -0.2) is 17.3 Å². The fourth-order valence-electron chi connectivity index (χ4n) is 2.40. The maximum absolute atomic E-state index is 12.7. The molecule has 2 aromatic carbocycles. The van der Waals surface area contributed by atoms with E-state index < -0.39 is 38.0 Å². The first-order valence-corrected chi connectivity index (χ1v) is 11.3. The minimum atomic E-state index is -3.73. The fraction of sp³-hybridized carbons (Fsp3) is 0.400. The van der Waals surface area contributed by atoms with Crippen molar-refractivity contribution in [3.63, 3.8) is 0 Å². The van der Waals surface area contributed by atoms with Crippen molar-refractivity contribution in [2.45, 2.75) is 56.4 Å². The van der Waals surface area contributed by atoms with Crippen LogP contribution in [-0.4, -0.2) is 23.4 Å². The molecule has 0 saturated carbocycles. The second-order valence-corrected chi connectivity index (χ2v) is 11.1. The molecule has 0 bridgehead atoms. The van der Waals surface area contributed by atoms with Crippen molar-refractivity contribution >= 4 is 21.1 Å². The molecule has 0 heterocycles. The molecule has 0 spiro atoms. The first-order valence-electron chi connectivity index (χ1n) is 8.73. The van der Waals surface area contributed by atoms with Gasteiger partial charge in [0.25, 0.3) is 0 Å². The number of rotatable bonds is 7. The van der Waals surface area contributed by atoms with Crippen molar-refractivity contribution in [1.82, 2.24) is 4.72 Å². The van der Waals surface area contributed by atoms with E-state index in [0.717, 1.165) is 11.1 Å². The number of benzene rings is 2. The van der Waals surface area contributed by atoms with Crippen molar-refractivity contribution in [2.24, 2.45) is 0 Å². The Morgan fingerprint density at radius 2 is 1.56 bits per heavy atom. The van der Waals surface area contributed by atoms with E-state index >= 15 is 0 Å². The molecule has 0 saturated heterocycles. The van der Waals surface area contributed by atoms with Gasteiger partial charge in [-0.2, -0.15) is 0 Å². The van der Waals surface area contributed by atoms with Crippen molar-refractivity contribution in [2.75, 3.05) is 0 Å². The first-order chi connectivity index (χ1) is 12.5. The lowest BCUT2D eigenvalue weighted by molar-refractivity contribution is 0.190. The van der Waals surface area contributed by atoms with Crippen LogP contribution < -0.4 is 4.72 Å². The van der Waals surface area contributed by atoms with Gasteiger partial charge in [-0.05, 0) is 52.3 Å². The normalized spacial score (nSPS) is 15.9. The van der Waals surface area contributed by atoms with E-state index in [0.29, 0.717) is 0 Å². The minimum Gasteiger partial charge on any atom is -0.280 e. The third-order valence-corrected chi connectivity index (χ3v) is 6.90. The molecule has 0 radical (unpaired) electrons. The van der Waals surface area contributed by atoms with Crippen LogP contribution in [0.15, 0.2) is 59.5 Å². The summed E-state index contributed by atoms with van der Waals surface area (Å²) < 4.78 is 45.9. The number of hydrogen-bond donors (Lipinski definition) is 1. The predicted molar refractivity (Wildman–Crippen MR) is 109 cm³/mol. The highest BCUT2D eigenvalue weighted by atomic mass is 32.2. The lowest BCUT2D eigenvalue weighted by Gasteiger charge is -2.28. The van der Waals surface area contributed by atoms with Gasteiger partial charge in [-0.15, -0.1) is 0 Å². The van der Waals surface area contributed by atoms with E-state index in [9.17, 15) is 12.6 Å². The Kier molecular flexibility index (Phi) is 6.97. The van der Waals surface area contributed by atoms with Crippen LogP contribution in [0.4, 0.5) is 0 Å². The van der Waals surface area contributed by atoms with Gasteiger partial charge in [-0.3, -0.25) is 4.18 Å². The quantitative estimate of drug-likeness (QED) is 0.753. The highest BCUT2D eigenvalue weighted by molar-refractivity contribution is 7.89. The van der Waals surface area contributed by atoms with E-state index in [-0.39, 0.29) is 4.90 Å². The van der Waals surface area contributed by atoms with Gasteiger partial charge in [0.05, 0.1) is 15.7 Å². The number of nitrogens with one attached hydrogen (secondary N) is 1. The van der Waals surface area contributed by atoms with Gasteiger partial charge in [0.15, 0.2) is 11.1 Å². The molecular weight excluding hydrogens is 382 g/mol. The zero-order valence-electron chi connectivity index (χ0n) is 16.3. The standard InChI is InChI=1S/C20H27NO4S2/c1-15-11-13-18(14-12-15)27(23,24)21-16(2)19(17-9-7-6-8-10-17)25-26(22)20(3,4)5/h6-14,16,19,21H,1-5H3/t16-,19-,26-/m0/s1. The third-order valence-electron chi connectivity index (χ3n) is 3.95. The summed E-state index contributed by atoms with van der Waals surface area (Å²) in [5.41, 5.74) is 1.74. The summed E-state index contributed by atoms with van der Waals surface area (Å²) in [7, 11) is -3.73. The zero-order valence-corrected chi connectivity index (χ0v) is 17.9. The molecule has 0 amide bonds. The number of hydrogen-bond acceptors (Lipinski definition) is 4. The van der Waals surface area contributed by atoms with Crippen molar-refractivity contribution < 1.29 is 16.8 Å². The molecular formula is C20H27NO4S2. The second-order valence-electron chi connectivity index (χ2n) is 7.50. The summed E-state index contributed by atoms with van der Waals surface area (Å²) >= 11 is -1.60. The Balaban J connectivity index is 2.29. The summed E-state index contributed by atoms with van der Waals surface area (Å²) in [5, 5.41) is 0. The van der Waals surface area contributed by atoms with Crippen LogP contribution in [0.2, 0.25) is 0 Å². The highest BCUT2D eigenvalue weighted by Gasteiger charge is 2.31. The summed E-state index contributed by atoms with van der Waals surface area (Å²) in [6.07, 6.45) is -0.688. The maximum atomic E-state index is 12.7. The van der Waals surface area contributed by atoms with E-state index in [4.69, 9.17) is 4.18 Å². The lowest BCUT2D eigenvalue weighted by Crippen LogP contribution is -2.39. The smallest absolute Gasteiger partial charge is 0.240 e. The van der Waals surface area contributed by atoms with Gasteiger partial charge < -0.3 is 0 Å². The largest absolute Gasteiger partial charge is 0.280 e. The van der Waals surface area contributed by atoms with Crippen LogP contribution in [0.25, 0.3) is 0 Å². The third kappa shape index (κ3) is 5.97. The predicted octanol–water partition coefficient (Wildman–Crippen LogP) is 3.88. The van der Waals surface area contributed by atoms with E-state index in [1.54, 1.807) is 31.2 Å². The molecule has 0 fully saturated rings. The Morgan fingerprint density at radius 3 is 2.07 bits per heavy atom. The number of aryl methyl sites for hydroxylation is 1. The maximum Gasteiger partial charge on any atom is 0.240 e. The Bertz CT molecular complexity index is 872. The summed E-state index contributed by atoms with van der Waals surface area (Å²) in [6.45, 7) is 9.04.